The number of aliphatic hydroxyl groups is 1. The van der Waals surface area contributed by atoms with Crippen LogP contribution in [-0.4, -0.2) is 73.0 Å². The summed E-state index contributed by atoms with van der Waals surface area (Å²) in [7, 11) is -3.65. The third kappa shape index (κ3) is 4.21. The Balaban J connectivity index is 1.35. The number of aliphatic hydroxyl groups excluding tert-OH is 1. The standard InChI is InChI=1S/C22H25N3O5S/c1-2-30-19-8-9-21(23-10-19)31(28,29)25-13-18(14-25)17-11-24(12-17)22(27)20(15-26)16-6-4-3-5-7-16/h3-10,20,26H,2,11-15H2,1H3/t20-/m1/s1. The van der Waals surface area contributed by atoms with Crippen molar-refractivity contribution in [2.75, 3.05) is 39.4 Å². The van der Waals surface area contributed by atoms with Gasteiger partial charge in [0.2, 0.25) is 5.91 Å². The van der Waals surface area contributed by atoms with E-state index in [-0.39, 0.29) is 17.5 Å². The van der Waals surface area contributed by atoms with E-state index in [0.717, 1.165) is 16.7 Å². The number of likely N-dealkylation sites (tertiary alicyclic amines) is 1. The first-order chi connectivity index (χ1) is 14.9. The number of pyridine rings is 1. The molecule has 1 aromatic heterocycles. The van der Waals surface area contributed by atoms with Gasteiger partial charge < -0.3 is 14.7 Å². The van der Waals surface area contributed by atoms with Crippen LogP contribution in [0.5, 0.6) is 5.75 Å². The van der Waals surface area contributed by atoms with E-state index >= 15 is 0 Å². The predicted molar refractivity (Wildman–Crippen MR) is 114 cm³/mol. The van der Waals surface area contributed by atoms with Gasteiger partial charge in [0.1, 0.15) is 5.75 Å². The molecule has 4 rings (SSSR count). The van der Waals surface area contributed by atoms with E-state index in [4.69, 9.17) is 4.74 Å². The average molecular weight is 444 g/mol. The quantitative estimate of drug-likeness (QED) is 0.650. The van der Waals surface area contributed by atoms with Crippen LogP contribution >= 0.6 is 0 Å². The van der Waals surface area contributed by atoms with E-state index in [9.17, 15) is 18.3 Å². The highest BCUT2D eigenvalue weighted by Gasteiger charge is 2.39. The van der Waals surface area contributed by atoms with Gasteiger partial charge in [-0.25, -0.2) is 13.4 Å². The molecule has 1 amide bonds. The van der Waals surface area contributed by atoms with Crippen molar-refractivity contribution >= 4 is 15.9 Å². The van der Waals surface area contributed by atoms with Crippen LogP contribution < -0.4 is 4.74 Å². The maximum Gasteiger partial charge on any atom is 0.261 e. The number of carbonyl (C=O) groups is 1. The number of sulfonamides is 1. The van der Waals surface area contributed by atoms with Gasteiger partial charge in [0.15, 0.2) is 5.03 Å². The Labute approximate surface area is 181 Å². The molecule has 1 aromatic carbocycles. The van der Waals surface area contributed by atoms with Gasteiger partial charge in [0.25, 0.3) is 10.0 Å². The number of nitrogens with zero attached hydrogens (tertiary/aromatic N) is 3. The van der Waals surface area contributed by atoms with Crippen LogP contribution in [0, 0.1) is 0 Å². The second kappa shape index (κ2) is 8.78. The zero-order valence-corrected chi connectivity index (χ0v) is 18.1. The third-order valence-electron chi connectivity index (χ3n) is 5.62. The number of amides is 1. The van der Waals surface area contributed by atoms with E-state index in [2.05, 4.69) is 4.98 Å². The van der Waals surface area contributed by atoms with Crippen molar-refractivity contribution in [3.05, 3.63) is 65.4 Å². The maximum atomic E-state index is 12.7. The lowest BCUT2D eigenvalue weighted by molar-refractivity contribution is -0.135. The first kappa shape index (κ1) is 21.5. The van der Waals surface area contributed by atoms with Crippen molar-refractivity contribution in [3.8, 4) is 5.75 Å². The molecule has 1 N–H and O–H groups in total. The minimum atomic E-state index is -3.65. The zero-order valence-electron chi connectivity index (χ0n) is 17.3. The van der Waals surface area contributed by atoms with Gasteiger partial charge >= 0.3 is 0 Å². The largest absolute Gasteiger partial charge is 0.492 e. The van der Waals surface area contributed by atoms with Gasteiger partial charge in [-0.15, -0.1) is 0 Å². The van der Waals surface area contributed by atoms with Crippen LogP contribution in [0.2, 0.25) is 0 Å². The zero-order chi connectivity index (χ0) is 22.0. The van der Waals surface area contributed by atoms with E-state index in [1.165, 1.54) is 16.6 Å². The normalized spacial score (nSPS) is 17.7. The third-order valence-corrected chi connectivity index (χ3v) is 7.32. The molecule has 0 aliphatic carbocycles. The lowest BCUT2D eigenvalue weighted by Crippen LogP contribution is -2.52. The monoisotopic (exact) mass is 443 g/mol. The molecule has 8 nitrogen and oxygen atoms in total. The fourth-order valence-electron chi connectivity index (χ4n) is 3.70. The molecular weight excluding hydrogens is 418 g/mol. The number of benzene rings is 1. The summed E-state index contributed by atoms with van der Waals surface area (Å²) < 4.78 is 32.1. The second-order valence-corrected chi connectivity index (χ2v) is 9.47. The smallest absolute Gasteiger partial charge is 0.261 e. The SMILES string of the molecule is CCOc1ccc(S(=O)(=O)N2CC(=C3CN(C(=O)[C@H](CO)c4ccccc4)C3)C2)nc1. The molecule has 2 fully saturated rings. The summed E-state index contributed by atoms with van der Waals surface area (Å²) in [5, 5.41) is 9.68. The Morgan fingerprint density at radius 1 is 1.10 bits per heavy atom. The van der Waals surface area contributed by atoms with Crippen LogP contribution in [0.3, 0.4) is 0 Å². The maximum absolute atomic E-state index is 12.7. The topological polar surface area (TPSA) is 100 Å². The molecule has 164 valence electrons. The summed E-state index contributed by atoms with van der Waals surface area (Å²) in [5.74, 6) is -0.152. The molecule has 1 atom stereocenters. The van der Waals surface area contributed by atoms with Crippen molar-refractivity contribution in [1.29, 1.82) is 0 Å². The first-order valence-electron chi connectivity index (χ1n) is 10.2. The summed E-state index contributed by atoms with van der Waals surface area (Å²) >= 11 is 0. The molecule has 0 spiro atoms. The second-order valence-electron chi connectivity index (χ2n) is 7.59. The van der Waals surface area contributed by atoms with Gasteiger partial charge in [-0.2, -0.15) is 4.31 Å². The molecule has 0 saturated carbocycles. The molecule has 2 saturated heterocycles. The minimum Gasteiger partial charge on any atom is -0.492 e. The highest BCUT2D eigenvalue weighted by atomic mass is 32.2. The number of ether oxygens (including phenoxy) is 1. The highest BCUT2D eigenvalue weighted by molar-refractivity contribution is 7.89. The molecule has 0 bridgehead atoms. The Bertz CT molecular complexity index is 1070. The number of aromatic nitrogens is 1. The van der Waals surface area contributed by atoms with Gasteiger partial charge in [-0.05, 0) is 35.8 Å². The van der Waals surface area contributed by atoms with Gasteiger partial charge in [-0.3, -0.25) is 4.79 Å². The summed E-state index contributed by atoms with van der Waals surface area (Å²) in [6, 6.07) is 12.3. The van der Waals surface area contributed by atoms with Gasteiger partial charge in [0.05, 0.1) is 25.3 Å². The fraction of sp³-hybridized carbons (Fsp3) is 0.364. The van der Waals surface area contributed by atoms with E-state index in [0.29, 0.717) is 38.5 Å². The molecule has 0 radical (unpaired) electrons. The van der Waals surface area contributed by atoms with E-state index in [1.807, 2.05) is 37.3 Å². The number of rotatable bonds is 7. The average Bonchev–Trinajstić information content (AvgIpc) is 2.70. The molecule has 2 aliphatic rings. The summed E-state index contributed by atoms with van der Waals surface area (Å²) in [6.07, 6.45) is 1.41. The number of hydrogen-bond donors (Lipinski definition) is 1. The molecular formula is C22H25N3O5S. The van der Waals surface area contributed by atoms with Crippen molar-refractivity contribution in [3.63, 3.8) is 0 Å². The van der Waals surface area contributed by atoms with Crippen LogP contribution in [0.15, 0.2) is 64.8 Å². The number of hydrogen-bond acceptors (Lipinski definition) is 6. The highest BCUT2D eigenvalue weighted by Crippen LogP contribution is 2.31. The van der Waals surface area contributed by atoms with Crippen molar-refractivity contribution in [2.45, 2.75) is 17.9 Å². The Hall–Kier alpha value is -2.75. The molecule has 0 unspecified atom stereocenters. The van der Waals surface area contributed by atoms with Crippen LogP contribution in [0.4, 0.5) is 0 Å². The predicted octanol–water partition coefficient (Wildman–Crippen LogP) is 1.40. The van der Waals surface area contributed by atoms with Crippen LogP contribution in [-0.2, 0) is 14.8 Å². The fourth-order valence-corrected chi connectivity index (χ4v) is 5.04. The molecule has 2 aromatic rings. The van der Waals surface area contributed by atoms with Crippen LogP contribution in [0.1, 0.15) is 18.4 Å². The van der Waals surface area contributed by atoms with Crippen molar-refractivity contribution < 1.29 is 23.1 Å². The Morgan fingerprint density at radius 3 is 2.35 bits per heavy atom. The molecule has 2 aliphatic heterocycles. The summed E-state index contributed by atoms with van der Waals surface area (Å²) in [4.78, 5) is 18.5. The summed E-state index contributed by atoms with van der Waals surface area (Å²) in [5.41, 5.74) is 2.92. The Kier molecular flexibility index (Phi) is 6.08. The minimum absolute atomic E-state index is 0.000865. The number of carbonyl (C=O) groups excluding carboxylic acids is 1. The van der Waals surface area contributed by atoms with Gasteiger partial charge in [-0.1, -0.05) is 30.3 Å². The van der Waals surface area contributed by atoms with Gasteiger partial charge in [0, 0.05) is 26.2 Å². The van der Waals surface area contributed by atoms with Crippen molar-refractivity contribution in [2.24, 2.45) is 0 Å². The lowest BCUT2D eigenvalue weighted by Gasteiger charge is -2.42. The molecule has 9 heteroatoms. The molecule has 31 heavy (non-hydrogen) atoms. The van der Waals surface area contributed by atoms with Crippen LogP contribution in [0.25, 0.3) is 0 Å². The lowest BCUT2D eigenvalue weighted by atomic mass is 9.92. The van der Waals surface area contributed by atoms with E-state index in [1.54, 1.807) is 11.0 Å². The van der Waals surface area contributed by atoms with Crippen molar-refractivity contribution in [1.82, 2.24) is 14.2 Å². The summed E-state index contributed by atoms with van der Waals surface area (Å²) in [6.45, 7) is 3.68. The van der Waals surface area contributed by atoms with E-state index < -0.39 is 15.9 Å². The Morgan fingerprint density at radius 2 is 1.77 bits per heavy atom. The first-order valence-corrected chi connectivity index (χ1v) is 11.6. The molecule has 3 heterocycles.